The van der Waals surface area contributed by atoms with Gasteiger partial charge >= 0.3 is 5.97 Å². The molecule has 0 radical (unpaired) electrons. The normalized spacial score (nSPS) is 23.2. The van der Waals surface area contributed by atoms with E-state index < -0.39 is 0 Å². The molecular weight excluding hydrogens is 216 g/mol. The Labute approximate surface area is 103 Å². The third-order valence-electron chi connectivity index (χ3n) is 3.45. The monoisotopic (exact) mass is 238 g/mol. The predicted octanol–water partition coefficient (Wildman–Crippen LogP) is 2.89. The van der Waals surface area contributed by atoms with Gasteiger partial charge in [-0.2, -0.15) is 0 Å². The van der Waals surface area contributed by atoms with Crippen LogP contribution in [0.25, 0.3) is 0 Å². The molecule has 1 aliphatic carbocycles. The number of ketones is 1. The van der Waals surface area contributed by atoms with Crippen LogP contribution in [0.4, 0.5) is 0 Å². The first-order chi connectivity index (χ1) is 7.97. The average Bonchev–Trinajstić information content (AvgIpc) is 2.28. The van der Waals surface area contributed by atoms with Crippen molar-refractivity contribution in [2.24, 2.45) is 11.3 Å². The Balaban J connectivity index is 2.38. The standard InChI is InChI=1S/C14H22O3/c1-4-10-17-12(15)8-7-11-6-5-9-14(2,3)13(11)16/h4,11H,1,5-10H2,2-3H3. The molecule has 0 bridgehead atoms. The molecule has 17 heavy (non-hydrogen) atoms. The molecule has 0 heterocycles. The molecule has 0 aliphatic heterocycles. The maximum atomic E-state index is 12.1. The summed E-state index contributed by atoms with van der Waals surface area (Å²) in [6.45, 7) is 7.73. The highest BCUT2D eigenvalue weighted by Gasteiger charge is 2.36. The molecule has 1 unspecified atom stereocenters. The number of ether oxygens (including phenoxy) is 1. The van der Waals surface area contributed by atoms with Gasteiger partial charge < -0.3 is 4.74 Å². The van der Waals surface area contributed by atoms with E-state index in [1.165, 1.54) is 0 Å². The van der Waals surface area contributed by atoms with Gasteiger partial charge in [-0.05, 0) is 19.3 Å². The molecule has 0 aromatic rings. The first kappa shape index (κ1) is 13.9. The molecule has 0 saturated heterocycles. The minimum Gasteiger partial charge on any atom is -0.461 e. The van der Waals surface area contributed by atoms with E-state index in [0.29, 0.717) is 18.6 Å². The Morgan fingerprint density at radius 2 is 2.29 bits per heavy atom. The molecule has 96 valence electrons. The van der Waals surface area contributed by atoms with Crippen LogP contribution in [0.1, 0.15) is 46.0 Å². The fourth-order valence-corrected chi connectivity index (χ4v) is 2.39. The minimum absolute atomic E-state index is 0.0371. The number of Topliss-reactive ketones (excluding diaryl/α,β-unsaturated/α-hetero) is 1. The molecule has 3 nitrogen and oxygen atoms in total. The summed E-state index contributed by atoms with van der Waals surface area (Å²) >= 11 is 0. The SMILES string of the molecule is C=CCOC(=O)CCC1CCCC(C)(C)C1=O. The van der Waals surface area contributed by atoms with Gasteiger partial charge in [0.05, 0.1) is 0 Å². The largest absolute Gasteiger partial charge is 0.461 e. The zero-order valence-electron chi connectivity index (χ0n) is 10.8. The topological polar surface area (TPSA) is 43.4 Å². The Morgan fingerprint density at radius 1 is 1.59 bits per heavy atom. The second kappa shape index (κ2) is 5.99. The lowest BCUT2D eigenvalue weighted by atomic mass is 9.70. The Morgan fingerprint density at radius 3 is 2.94 bits per heavy atom. The van der Waals surface area contributed by atoms with Gasteiger partial charge in [-0.25, -0.2) is 0 Å². The van der Waals surface area contributed by atoms with E-state index in [0.717, 1.165) is 19.3 Å². The molecule has 0 aromatic carbocycles. The van der Waals surface area contributed by atoms with Crippen molar-refractivity contribution in [2.45, 2.75) is 46.0 Å². The summed E-state index contributed by atoms with van der Waals surface area (Å²) in [5.41, 5.74) is -0.214. The van der Waals surface area contributed by atoms with Crippen molar-refractivity contribution in [3.8, 4) is 0 Å². The number of carbonyl (C=O) groups excluding carboxylic acids is 2. The Bertz CT molecular complexity index is 305. The van der Waals surface area contributed by atoms with E-state index in [1.54, 1.807) is 6.08 Å². The lowest BCUT2D eigenvalue weighted by Gasteiger charge is -2.33. The van der Waals surface area contributed by atoms with E-state index >= 15 is 0 Å². The van der Waals surface area contributed by atoms with Gasteiger partial charge in [-0.3, -0.25) is 9.59 Å². The molecule has 0 aromatic heterocycles. The van der Waals surface area contributed by atoms with E-state index in [9.17, 15) is 9.59 Å². The summed E-state index contributed by atoms with van der Waals surface area (Å²) in [6.07, 6.45) is 5.46. The molecule has 1 rings (SSSR count). The van der Waals surface area contributed by atoms with Crippen LogP contribution in [0.5, 0.6) is 0 Å². The quantitative estimate of drug-likeness (QED) is 0.546. The second-order valence-corrected chi connectivity index (χ2v) is 5.35. The first-order valence-electron chi connectivity index (χ1n) is 6.28. The van der Waals surface area contributed by atoms with Gasteiger partial charge in [0.15, 0.2) is 0 Å². The van der Waals surface area contributed by atoms with Crippen LogP contribution in [0.3, 0.4) is 0 Å². The molecule has 0 amide bonds. The van der Waals surface area contributed by atoms with Gasteiger partial charge in [0, 0.05) is 17.8 Å². The number of rotatable bonds is 5. The van der Waals surface area contributed by atoms with Crippen LogP contribution in [0.2, 0.25) is 0 Å². The van der Waals surface area contributed by atoms with Crippen molar-refractivity contribution in [1.29, 1.82) is 0 Å². The fourth-order valence-electron chi connectivity index (χ4n) is 2.39. The molecule has 1 fully saturated rings. The van der Waals surface area contributed by atoms with E-state index in [-0.39, 0.29) is 23.9 Å². The second-order valence-electron chi connectivity index (χ2n) is 5.35. The fraction of sp³-hybridized carbons (Fsp3) is 0.714. The zero-order chi connectivity index (χ0) is 12.9. The van der Waals surface area contributed by atoms with Crippen molar-refractivity contribution in [3.05, 3.63) is 12.7 Å². The highest BCUT2D eigenvalue weighted by molar-refractivity contribution is 5.87. The van der Waals surface area contributed by atoms with Gasteiger partial charge in [0.25, 0.3) is 0 Å². The number of hydrogen-bond donors (Lipinski definition) is 0. The average molecular weight is 238 g/mol. The van der Waals surface area contributed by atoms with Crippen LogP contribution in [0, 0.1) is 11.3 Å². The van der Waals surface area contributed by atoms with Crippen LogP contribution in [-0.4, -0.2) is 18.4 Å². The van der Waals surface area contributed by atoms with Crippen molar-refractivity contribution in [1.82, 2.24) is 0 Å². The van der Waals surface area contributed by atoms with E-state index in [1.807, 2.05) is 13.8 Å². The molecule has 1 saturated carbocycles. The first-order valence-corrected chi connectivity index (χ1v) is 6.28. The summed E-state index contributed by atoms with van der Waals surface area (Å²) in [5, 5.41) is 0. The van der Waals surface area contributed by atoms with Crippen LogP contribution >= 0.6 is 0 Å². The third kappa shape index (κ3) is 3.99. The molecule has 0 N–H and O–H groups in total. The van der Waals surface area contributed by atoms with Gasteiger partial charge in [0.1, 0.15) is 12.4 Å². The van der Waals surface area contributed by atoms with Gasteiger partial charge in [-0.1, -0.05) is 32.9 Å². The summed E-state index contributed by atoms with van der Waals surface area (Å²) in [4.78, 5) is 23.4. The summed E-state index contributed by atoms with van der Waals surface area (Å²) in [7, 11) is 0. The lowest BCUT2D eigenvalue weighted by Crippen LogP contribution is -2.35. The lowest BCUT2D eigenvalue weighted by molar-refractivity contribution is -0.143. The van der Waals surface area contributed by atoms with E-state index in [4.69, 9.17) is 4.74 Å². The molecule has 1 aliphatic rings. The van der Waals surface area contributed by atoms with Crippen molar-refractivity contribution < 1.29 is 14.3 Å². The number of carbonyl (C=O) groups is 2. The Kier molecular flexibility index (Phi) is 4.91. The molecule has 1 atom stereocenters. The Hall–Kier alpha value is -1.12. The smallest absolute Gasteiger partial charge is 0.306 e. The number of hydrogen-bond acceptors (Lipinski definition) is 3. The molecule has 3 heteroatoms. The maximum absolute atomic E-state index is 12.1. The van der Waals surface area contributed by atoms with Crippen molar-refractivity contribution in [3.63, 3.8) is 0 Å². The highest BCUT2D eigenvalue weighted by Crippen LogP contribution is 2.37. The van der Waals surface area contributed by atoms with Crippen LogP contribution in [0.15, 0.2) is 12.7 Å². The minimum atomic E-state index is -0.235. The van der Waals surface area contributed by atoms with Crippen LogP contribution < -0.4 is 0 Å². The third-order valence-corrected chi connectivity index (χ3v) is 3.45. The number of esters is 1. The van der Waals surface area contributed by atoms with Crippen molar-refractivity contribution in [2.75, 3.05) is 6.61 Å². The highest BCUT2D eigenvalue weighted by atomic mass is 16.5. The van der Waals surface area contributed by atoms with Gasteiger partial charge in [0.2, 0.25) is 0 Å². The predicted molar refractivity (Wildman–Crippen MR) is 66.5 cm³/mol. The molecular formula is C14H22O3. The molecule has 0 spiro atoms. The summed E-state index contributed by atoms with van der Waals surface area (Å²) in [6, 6.07) is 0. The maximum Gasteiger partial charge on any atom is 0.306 e. The van der Waals surface area contributed by atoms with E-state index in [2.05, 4.69) is 6.58 Å². The van der Waals surface area contributed by atoms with Crippen molar-refractivity contribution >= 4 is 11.8 Å². The zero-order valence-corrected chi connectivity index (χ0v) is 10.8. The van der Waals surface area contributed by atoms with Gasteiger partial charge in [-0.15, -0.1) is 0 Å². The van der Waals surface area contributed by atoms with Crippen LogP contribution in [-0.2, 0) is 14.3 Å². The summed E-state index contributed by atoms with van der Waals surface area (Å²) < 4.78 is 4.90. The summed E-state index contributed by atoms with van der Waals surface area (Å²) in [5.74, 6) is 0.108.